The fraction of sp³-hybridized carbons (Fsp3) is 0.278. The summed E-state index contributed by atoms with van der Waals surface area (Å²) in [5.41, 5.74) is 2.26. The number of nitrogens with one attached hydrogen (secondary N) is 2. The number of ether oxygens (including phenoxy) is 1. The van der Waals surface area contributed by atoms with Crippen molar-refractivity contribution in [2.24, 2.45) is 4.99 Å². The van der Waals surface area contributed by atoms with Crippen LogP contribution in [-0.4, -0.2) is 19.6 Å². The van der Waals surface area contributed by atoms with Crippen LogP contribution >= 0.6 is 35.6 Å². The van der Waals surface area contributed by atoms with Crippen LogP contribution in [0.1, 0.15) is 18.1 Å². The summed E-state index contributed by atoms with van der Waals surface area (Å²) in [7, 11) is 1.67. The maximum Gasteiger partial charge on any atom is 0.191 e. The summed E-state index contributed by atoms with van der Waals surface area (Å²) in [5.74, 6) is 1.63. The SMILES string of the molecule is CCNC(=NCc1cccc(OC)c1)NCc1ccc(Cl)cc1.I. The normalized spacial score (nSPS) is 10.7. The average molecular weight is 460 g/mol. The number of hydrogen-bond donors (Lipinski definition) is 2. The van der Waals surface area contributed by atoms with Gasteiger partial charge in [-0.2, -0.15) is 0 Å². The number of hydrogen-bond acceptors (Lipinski definition) is 2. The Morgan fingerprint density at radius 1 is 1.08 bits per heavy atom. The van der Waals surface area contributed by atoms with E-state index in [4.69, 9.17) is 16.3 Å². The molecule has 2 N–H and O–H groups in total. The Balaban J connectivity index is 0.00000288. The Labute approximate surface area is 165 Å². The molecule has 0 unspecified atom stereocenters. The molecule has 24 heavy (non-hydrogen) atoms. The maximum atomic E-state index is 5.90. The van der Waals surface area contributed by atoms with E-state index in [1.54, 1.807) is 7.11 Å². The van der Waals surface area contributed by atoms with E-state index in [0.29, 0.717) is 13.1 Å². The molecule has 6 heteroatoms. The lowest BCUT2D eigenvalue weighted by molar-refractivity contribution is 0.414. The van der Waals surface area contributed by atoms with Crippen LogP contribution in [0.4, 0.5) is 0 Å². The lowest BCUT2D eigenvalue weighted by atomic mass is 10.2. The number of benzene rings is 2. The Morgan fingerprint density at radius 3 is 2.50 bits per heavy atom. The zero-order chi connectivity index (χ0) is 16.5. The van der Waals surface area contributed by atoms with Gasteiger partial charge < -0.3 is 15.4 Å². The van der Waals surface area contributed by atoms with Crippen LogP contribution in [0.5, 0.6) is 5.75 Å². The van der Waals surface area contributed by atoms with E-state index >= 15 is 0 Å². The molecule has 0 heterocycles. The minimum Gasteiger partial charge on any atom is -0.497 e. The predicted octanol–water partition coefficient (Wildman–Crippen LogP) is 4.22. The van der Waals surface area contributed by atoms with Crippen molar-refractivity contribution in [3.8, 4) is 5.75 Å². The summed E-state index contributed by atoms with van der Waals surface area (Å²) >= 11 is 5.90. The van der Waals surface area contributed by atoms with Crippen LogP contribution in [0.15, 0.2) is 53.5 Å². The molecular weight excluding hydrogens is 437 g/mol. The van der Waals surface area contributed by atoms with Crippen LogP contribution in [0, 0.1) is 0 Å². The van der Waals surface area contributed by atoms with Gasteiger partial charge in [0.1, 0.15) is 5.75 Å². The summed E-state index contributed by atoms with van der Waals surface area (Å²) in [6.45, 7) is 4.14. The van der Waals surface area contributed by atoms with Crippen LogP contribution in [-0.2, 0) is 13.1 Å². The molecule has 0 aliphatic heterocycles. The zero-order valence-corrected chi connectivity index (χ0v) is 17.0. The van der Waals surface area contributed by atoms with Crippen LogP contribution in [0.3, 0.4) is 0 Å². The molecule has 0 spiro atoms. The van der Waals surface area contributed by atoms with Crippen LogP contribution in [0.25, 0.3) is 0 Å². The third-order valence-corrected chi connectivity index (χ3v) is 3.52. The van der Waals surface area contributed by atoms with Crippen molar-refractivity contribution in [1.29, 1.82) is 0 Å². The summed E-state index contributed by atoms with van der Waals surface area (Å²) in [6.07, 6.45) is 0. The van der Waals surface area contributed by atoms with Gasteiger partial charge in [-0.05, 0) is 42.3 Å². The van der Waals surface area contributed by atoms with Gasteiger partial charge in [0, 0.05) is 18.1 Å². The fourth-order valence-electron chi connectivity index (χ4n) is 2.07. The Morgan fingerprint density at radius 2 is 1.83 bits per heavy atom. The average Bonchev–Trinajstić information content (AvgIpc) is 2.59. The molecule has 0 aliphatic carbocycles. The lowest BCUT2D eigenvalue weighted by Gasteiger charge is -2.11. The highest BCUT2D eigenvalue weighted by Crippen LogP contribution is 2.13. The number of rotatable bonds is 6. The first-order chi connectivity index (χ1) is 11.2. The fourth-order valence-corrected chi connectivity index (χ4v) is 2.20. The Bertz CT molecular complexity index is 647. The lowest BCUT2D eigenvalue weighted by Crippen LogP contribution is -2.36. The van der Waals surface area contributed by atoms with Gasteiger partial charge in [0.2, 0.25) is 0 Å². The van der Waals surface area contributed by atoms with Gasteiger partial charge in [0.15, 0.2) is 5.96 Å². The van der Waals surface area contributed by atoms with Gasteiger partial charge in [-0.15, -0.1) is 24.0 Å². The van der Waals surface area contributed by atoms with Crippen LogP contribution in [0.2, 0.25) is 5.02 Å². The minimum absolute atomic E-state index is 0. The molecule has 0 saturated carbocycles. The molecule has 0 atom stereocenters. The van der Waals surface area contributed by atoms with Crippen molar-refractivity contribution < 1.29 is 4.74 Å². The second-order valence-corrected chi connectivity index (χ2v) is 5.46. The Hall–Kier alpha value is -1.47. The zero-order valence-electron chi connectivity index (χ0n) is 13.9. The molecule has 2 aromatic carbocycles. The van der Waals surface area contributed by atoms with E-state index < -0.39 is 0 Å². The second kappa shape index (κ2) is 11.1. The molecule has 2 rings (SSSR count). The largest absolute Gasteiger partial charge is 0.497 e. The van der Waals surface area contributed by atoms with Gasteiger partial charge in [0.05, 0.1) is 13.7 Å². The topological polar surface area (TPSA) is 45.7 Å². The molecule has 2 aromatic rings. The quantitative estimate of drug-likeness (QED) is 0.386. The van der Waals surface area contributed by atoms with E-state index in [1.165, 1.54) is 0 Å². The summed E-state index contributed by atoms with van der Waals surface area (Å²) in [5, 5.41) is 7.31. The van der Waals surface area contributed by atoms with Gasteiger partial charge in [-0.25, -0.2) is 4.99 Å². The summed E-state index contributed by atoms with van der Waals surface area (Å²) in [4.78, 5) is 4.60. The highest BCUT2D eigenvalue weighted by atomic mass is 127. The standard InChI is InChI=1S/C18H22ClN3O.HI/c1-3-20-18(21-12-14-7-9-16(19)10-8-14)22-13-15-5-4-6-17(11-15)23-2;/h4-11H,3,12-13H2,1-2H3,(H2,20,21,22);1H. The van der Waals surface area contributed by atoms with Crippen molar-refractivity contribution >= 4 is 41.5 Å². The van der Waals surface area contributed by atoms with E-state index in [1.807, 2.05) is 55.5 Å². The van der Waals surface area contributed by atoms with E-state index in [0.717, 1.165) is 34.4 Å². The van der Waals surface area contributed by atoms with E-state index in [-0.39, 0.29) is 24.0 Å². The highest BCUT2D eigenvalue weighted by Gasteiger charge is 2.00. The summed E-state index contributed by atoms with van der Waals surface area (Å²) < 4.78 is 5.23. The number of guanidine groups is 1. The predicted molar refractivity (Wildman–Crippen MR) is 112 cm³/mol. The molecule has 0 aromatic heterocycles. The first kappa shape index (κ1) is 20.6. The first-order valence-corrected chi connectivity index (χ1v) is 7.98. The third kappa shape index (κ3) is 6.97. The van der Waals surface area contributed by atoms with Crippen molar-refractivity contribution in [3.63, 3.8) is 0 Å². The van der Waals surface area contributed by atoms with Crippen molar-refractivity contribution in [1.82, 2.24) is 10.6 Å². The number of halogens is 2. The van der Waals surface area contributed by atoms with Crippen molar-refractivity contribution in [2.75, 3.05) is 13.7 Å². The van der Waals surface area contributed by atoms with Gasteiger partial charge >= 0.3 is 0 Å². The molecule has 4 nitrogen and oxygen atoms in total. The molecule has 0 saturated heterocycles. The number of nitrogens with zero attached hydrogens (tertiary/aromatic N) is 1. The van der Waals surface area contributed by atoms with Gasteiger partial charge in [0.25, 0.3) is 0 Å². The smallest absolute Gasteiger partial charge is 0.191 e. The van der Waals surface area contributed by atoms with Gasteiger partial charge in [-0.3, -0.25) is 0 Å². The molecular formula is C18H23ClIN3O. The third-order valence-electron chi connectivity index (χ3n) is 3.27. The monoisotopic (exact) mass is 459 g/mol. The van der Waals surface area contributed by atoms with E-state index in [9.17, 15) is 0 Å². The highest BCUT2D eigenvalue weighted by molar-refractivity contribution is 14.0. The maximum absolute atomic E-state index is 5.90. The Kier molecular flexibility index (Phi) is 9.56. The molecule has 0 aliphatic rings. The molecule has 0 amide bonds. The van der Waals surface area contributed by atoms with Gasteiger partial charge in [-0.1, -0.05) is 35.9 Å². The minimum atomic E-state index is 0. The molecule has 0 fully saturated rings. The molecule has 130 valence electrons. The molecule has 0 radical (unpaired) electrons. The second-order valence-electron chi connectivity index (χ2n) is 5.03. The van der Waals surface area contributed by atoms with Crippen molar-refractivity contribution in [2.45, 2.75) is 20.0 Å². The number of aliphatic imine (C=N–C) groups is 1. The first-order valence-electron chi connectivity index (χ1n) is 7.61. The van der Waals surface area contributed by atoms with Crippen LogP contribution < -0.4 is 15.4 Å². The molecule has 0 bridgehead atoms. The number of methoxy groups -OCH3 is 1. The van der Waals surface area contributed by atoms with Crippen molar-refractivity contribution in [3.05, 3.63) is 64.7 Å². The van der Waals surface area contributed by atoms with E-state index in [2.05, 4.69) is 15.6 Å². The summed E-state index contributed by atoms with van der Waals surface area (Å²) in [6, 6.07) is 15.7.